The molecule has 0 aromatic heterocycles. The van der Waals surface area contributed by atoms with Crippen LogP contribution >= 0.6 is 0 Å². The van der Waals surface area contributed by atoms with Crippen molar-refractivity contribution in [1.29, 1.82) is 0 Å². The molecule has 0 radical (unpaired) electrons. The van der Waals surface area contributed by atoms with E-state index in [0.717, 1.165) is 18.4 Å². The van der Waals surface area contributed by atoms with Gasteiger partial charge in [0.1, 0.15) is 0 Å². The van der Waals surface area contributed by atoms with E-state index in [2.05, 4.69) is 17.6 Å². The van der Waals surface area contributed by atoms with Crippen LogP contribution in [-0.4, -0.2) is 25.0 Å². The third-order valence-corrected chi connectivity index (χ3v) is 3.21. The summed E-state index contributed by atoms with van der Waals surface area (Å²) in [5.74, 6) is 1.79. The average molecular weight is 196 g/mol. The topological polar surface area (TPSA) is 41.1 Å². The third kappa shape index (κ3) is 2.98. The fourth-order valence-corrected chi connectivity index (χ4v) is 1.95. The van der Waals surface area contributed by atoms with Crippen molar-refractivity contribution in [1.82, 2.24) is 10.6 Å². The molecular weight excluding hydrogens is 176 g/mol. The zero-order chi connectivity index (χ0) is 9.97. The summed E-state index contributed by atoms with van der Waals surface area (Å²) >= 11 is 0. The van der Waals surface area contributed by atoms with Gasteiger partial charge in [-0.1, -0.05) is 6.92 Å². The summed E-state index contributed by atoms with van der Waals surface area (Å²) in [6.45, 7) is 3.65. The van der Waals surface area contributed by atoms with Gasteiger partial charge in [-0.15, -0.1) is 0 Å². The molecule has 0 bridgehead atoms. The summed E-state index contributed by atoms with van der Waals surface area (Å²) in [6.07, 6.45) is 5.06. The lowest BCUT2D eigenvalue weighted by Gasteiger charge is -2.33. The first-order valence-corrected chi connectivity index (χ1v) is 5.74. The minimum Gasteiger partial charge on any atom is -0.355 e. The third-order valence-electron chi connectivity index (χ3n) is 3.21. The zero-order valence-corrected chi connectivity index (χ0v) is 8.88. The molecule has 0 aliphatic heterocycles. The number of amides is 1. The van der Waals surface area contributed by atoms with E-state index in [4.69, 9.17) is 0 Å². The first kappa shape index (κ1) is 9.97. The minimum atomic E-state index is 0.163. The Morgan fingerprint density at radius 2 is 2.07 bits per heavy atom. The summed E-state index contributed by atoms with van der Waals surface area (Å²) in [7, 11) is 0. The van der Waals surface area contributed by atoms with Gasteiger partial charge in [-0.05, 0) is 37.5 Å². The molecule has 3 nitrogen and oxygen atoms in total. The molecule has 80 valence electrons. The Balaban J connectivity index is 1.49. The molecule has 1 amide bonds. The lowest BCUT2D eigenvalue weighted by molar-refractivity contribution is -0.120. The second kappa shape index (κ2) is 4.30. The highest BCUT2D eigenvalue weighted by Gasteiger charge is 2.25. The van der Waals surface area contributed by atoms with Crippen LogP contribution in [0.15, 0.2) is 0 Å². The summed E-state index contributed by atoms with van der Waals surface area (Å²) in [6, 6.07) is 0.594. The molecule has 0 aromatic carbocycles. The maximum Gasteiger partial charge on any atom is 0.233 e. The zero-order valence-electron chi connectivity index (χ0n) is 8.88. The van der Waals surface area contributed by atoms with Crippen LogP contribution in [0.25, 0.3) is 0 Å². The molecule has 2 aliphatic carbocycles. The van der Waals surface area contributed by atoms with Crippen molar-refractivity contribution >= 4 is 5.91 Å². The number of carbonyl (C=O) groups excluding carboxylic acids is 1. The molecule has 2 aliphatic rings. The monoisotopic (exact) mass is 196 g/mol. The van der Waals surface area contributed by atoms with E-state index in [0.29, 0.717) is 12.6 Å². The molecule has 0 atom stereocenters. The highest BCUT2D eigenvalue weighted by molar-refractivity contribution is 5.78. The van der Waals surface area contributed by atoms with E-state index in [-0.39, 0.29) is 5.91 Å². The van der Waals surface area contributed by atoms with Gasteiger partial charge < -0.3 is 10.6 Å². The molecular formula is C11H20N2O. The van der Waals surface area contributed by atoms with Crippen LogP contribution in [0.1, 0.15) is 32.6 Å². The molecule has 2 fully saturated rings. The van der Waals surface area contributed by atoms with Crippen molar-refractivity contribution in [3.63, 3.8) is 0 Å². The Morgan fingerprint density at radius 1 is 1.36 bits per heavy atom. The molecule has 0 spiro atoms. The first-order valence-electron chi connectivity index (χ1n) is 5.74. The predicted octanol–water partition coefficient (Wildman–Crippen LogP) is 0.901. The Hall–Kier alpha value is -0.570. The molecule has 0 aromatic rings. The minimum absolute atomic E-state index is 0.163. The van der Waals surface area contributed by atoms with Crippen molar-refractivity contribution < 1.29 is 4.79 Å². The quantitative estimate of drug-likeness (QED) is 0.686. The summed E-state index contributed by atoms with van der Waals surface area (Å²) < 4.78 is 0. The SMILES string of the molecule is CC1CC(NCC(=O)NCC2CC2)C1. The fraction of sp³-hybridized carbons (Fsp3) is 0.909. The lowest BCUT2D eigenvalue weighted by Crippen LogP contribution is -2.45. The summed E-state index contributed by atoms with van der Waals surface area (Å²) in [5.41, 5.74) is 0. The Morgan fingerprint density at radius 3 is 2.64 bits per heavy atom. The van der Waals surface area contributed by atoms with Crippen LogP contribution in [0.2, 0.25) is 0 Å². The maximum atomic E-state index is 11.3. The van der Waals surface area contributed by atoms with Crippen LogP contribution in [0, 0.1) is 11.8 Å². The van der Waals surface area contributed by atoms with Crippen molar-refractivity contribution in [2.45, 2.75) is 38.6 Å². The van der Waals surface area contributed by atoms with Crippen molar-refractivity contribution in [2.24, 2.45) is 11.8 Å². The van der Waals surface area contributed by atoms with Gasteiger partial charge in [0.25, 0.3) is 0 Å². The maximum absolute atomic E-state index is 11.3. The van der Waals surface area contributed by atoms with E-state index >= 15 is 0 Å². The van der Waals surface area contributed by atoms with Gasteiger partial charge in [0, 0.05) is 12.6 Å². The largest absolute Gasteiger partial charge is 0.355 e. The van der Waals surface area contributed by atoms with Crippen molar-refractivity contribution in [3.05, 3.63) is 0 Å². The van der Waals surface area contributed by atoms with Gasteiger partial charge >= 0.3 is 0 Å². The number of nitrogens with one attached hydrogen (secondary N) is 2. The number of hydrogen-bond acceptors (Lipinski definition) is 2. The van der Waals surface area contributed by atoms with E-state index in [9.17, 15) is 4.79 Å². The van der Waals surface area contributed by atoms with Crippen LogP contribution in [0.5, 0.6) is 0 Å². The second-order valence-electron chi connectivity index (χ2n) is 4.90. The smallest absolute Gasteiger partial charge is 0.233 e. The molecule has 0 saturated heterocycles. The van der Waals surface area contributed by atoms with Gasteiger partial charge in [-0.25, -0.2) is 0 Å². The van der Waals surface area contributed by atoms with Gasteiger partial charge in [-0.3, -0.25) is 4.79 Å². The summed E-state index contributed by atoms with van der Waals surface area (Å²) in [4.78, 5) is 11.3. The molecule has 3 heteroatoms. The van der Waals surface area contributed by atoms with Crippen molar-refractivity contribution in [3.8, 4) is 0 Å². The molecule has 2 rings (SSSR count). The van der Waals surface area contributed by atoms with E-state index < -0.39 is 0 Å². The highest BCUT2D eigenvalue weighted by atomic mass is 16.1. The average Bonchev–Trinajstić information content (AvgIpc) is 2.90. The Bertz CT molecular complexity index is 207. The lowest BCUT2D eigenvalue weighted by atomic mass is 9.82. The predicted molar refractivity (Wildman–Crippen MR) is 55.9 cm³/mol. The molecule has 0 unspecified atom stereocenters. The van der Waals surface area contributed by atoms with Crippen LogP contribution in [0.3, 0.4) is 0 Å². The standard InChI is InChI=1S/C11H20N2O/c1-8-4-10(5-8)12-7-11(14)13-6-9-2-3-9/h8-10,12H,2-7H2,1H3,(H,13,14). The Kier molecular flexibility index (Phi) is 3.06. The van der Waals surface area contributed by atoms with E-state index in [1.54, 1.807) is 0 Å². The highest BCUT2D eigenvalue weighted by Crippen LogP contribution is 2.27. The van der Waals surface area contributed by atoms with Crippen LogP contribution in [0.4, 0.5) is 0 Å². The number of rotatable bonds is 5. The Labute approximate surface area is 85.6 Å². The van der Waals surface area contributed by atoms with Crippen LogP contribution in [-0.2, 0) is 4.79 Å². The van der Waals surface area contributed by atoms with E-state index in [1.807, 2.05) is 0 Å². The van der Waals surface area contributed by atoms with Gasteiger partial charge in [0.15, 0.2) is 0 Å². The number of hydrogen-bond donors (Lipinski definition) is 2. The van der Waals surface area contributed by atoms with Gasteiger partial charge in [-0.2, -0.15) is 0 Å². The van der Waals surface area contributed by atoms with Gasteiger partial charge in [0.05, 0.1) is 6.54 Å². The number of carbonyl (C=O) groups is 1. The molecule has 2 saturated carbocycles. The van der Waals surface area contributed by atoms with Crippen molar-refractivity contribution in [2.75, 3.05) is 13.1 Å². The molecule has 0 heterocycles. The van der Waals surface area contributed by atoms with Crippen LogP contribution < -0.4 is 10.6 Å². The van der Waals surface area contributed by atoms with Gasteiger partial charge in [0.2, 0.25) is 5.91 Å². The molecule has 14 heavy (non-hydrogen) atoms. The molecule has 2 N–H and O–H groups in total. The second-order valence-corrected chi connectivity index (χ2v) is 4.90. The normalized spacial score (nSPS) is 30.9. The summed E-state index contributed by atoms with van der Waals surface area (Å²) in [5, 5.41) is 6.24. The first-order chi connectivity index (χ1) is 6.74. The van der Waals surface area contributed by atoms with E-state index in [1.165, 1.54) is 25.7 Å². The fourth-order valence-electron chi connectivity index (χ4n) is 1.95.